The maximum atomic E-state index is 13.2. The number of carbonyl (C=O) groups is 5. The van der Waals surface area contributed by atoms with Crippen molar-refractivity contribution in [2.75, 3.05) is 59.0 Å². The minimum Gasteiger partial charge on any atom is -0.606 e. The van der Waals surface area contributed by atoms with E-state index in [1.807, 2.05) is 0 Å². The van der Waals surface area contributed by atoms with Crippen molar-refractivity contribution in [1.29, 1.82) is 0 Å². The number of hydrogen-bond acceptors (Lipinski definition) is 17. The zero-order valence-electron chi connectivity index (χ0n) is 25.7. The molecule has 17 nitrogen and oxygen atoms in total. The van der Waals surface area contributed by atoms with E-state index in [4.69, 9.17) is 9.05 Å². The standard InChI is InChI=1S/C30H40N3O14P/c34-26(35)16-31(11-12-32(17-27(36)37)18-28(38)39)15-24(33(19-29(40)41)20-30(42)43)21-46-48(44,45)47-25(13-22-7-3-1-4-8-22)14-23-9-5-2-6-10-23/h1-10,24-25H,11-21H2,(H,34,35)(H,36,37)(H,38,39)(H,40,41)(H,42,43)(H,44,45)/p-5. The lowest BCUT2D eigenvalue weighted by Crippen LogP contribution is -2.56. The van der Waals surface area contributed by atoms with Crippen LogP contribution in [0.25, 0.3) is 0 Å². The largest absolute Gasteiger partial charge is 0.606 e. The highest BCUT2D eigenvalue weighted by Crippen LogP contribution is 2.49. The number of carboxylic acids is 5. The van der Waals surface area contributed by atoms with Crippen LogP contribution in [0.15, 0.2) is 60.7 Å². The molecule has 0 aliphatic heterocycles. The Hall–Kier alpha value is -4.06. The molecule has 0 radical (unpaired) electrons. The van der Waals surface area contributed by atoms with Crippen molar-refractivity contribution in [3.05, 3.63) is 71.8 Å². The van der Waals surface area contributed by atoms with Crippen LogP contribution in [0.2, 0.25) is 0 Å². The van der Waals surface area contributed by atoms with Crippen LogP contribution in [0.4, 0.5) is 0 Å². The molecule has 0 spiro atoms. The van der Waals surface area contributed by atoms with Gasteiger partial charge in [0.05, 0.1) is 35.9 Å². The van der Waals surface area contributed by atoms with Gasteiger partial charge in [-0.05, 0) is 11.1 Å². The van der Waals surface area contributed by atoms with Crippen LogP contribution in [0, 0.1) is 0 Å². The van der Waals surface area contributed by atoms with Crippen molar-refractivity contribution in [2.45, 2.75) is 25.0 Å². The normalized spacial score (nSPS) is 13.5. The Morgan fingerprint density at radius 3 is 1.46 bits per heavy atom. The average Bonchev–Trinajstić information content (AvgIpc) is 2.97. The van der Waals surface area contributed by atoms with Crippen LogP contribution >= 0.6 is 8.17 Å². The first-order valence-electron chi connectivity index (χ1n) is 14.5. The summed E-state index contributed by atoms with van der Waals surface area (Å²) in [6.07, 6.45) is -0.538. The van der Waals surface area contributed by atoms with Gasteiger partial charge < -0.3 is 54.4 Å². The average molecular weight is 693 g/mol. The third kappa shape index (κ3) is 17.2. The molecule has 2 unspecified atom stereocenters. The number of benzene rings is 2. The first-order valence-corrected chi connectivity index (χ1v) is 16.0. The van der Waals surface area contributed by atoms with Crippen LogP contribution in [0.3, 0.4) is 0 Å². The predicted octanol–water partition coefficient (Wildman–Crippen LogP) is -7.07. The van der Waals surface area contributed by atoms with Gasteiger partial charge in [-0.1, -0.05) is 60.7 Å². The minimum absolute atomic E-state index is 0.183. The van der Waals surface area contributed by atoms with Gasteiger partial charge in [0, 0.05) is 65.2 Å². The molecule has 0 aliphatic carbocycles. The Morgan fingerprint density at radius 2 is 1.04 bits per heavy atom. The lowest BCUT2D eigenvalue weighted by Gasteiger charge is -2.37. The third-order valence-corrected chi connectivity index (χ3v) is 7.80. The Labute approximate surface area is 276 Å². The van der Waals surface area contributed by atoms with Gasteiger partial charge >= 0.3 is 8.17 Å². The first-order chi connectivity index (χ1) is 22.6. The summed E-state index contributed by atoms with van der Waals surface area (Å²) in [5.74, 6) is -8.44. The van der Waals surface area contributed by atoms with Gasteiger partial charge in [0.15, 0.2) is 0 Å². The highest BCUT2D eigenvalue weighted by Gasteiger charge is 2.35. The molecule has 0 bridgehead atoms. The van der Waals surface area contributed by atoms with E-state index in [0.717, 1.165) is 25.8 Å². The fraction of sp³-hybridized carbons (Fsp3) is 0.433. The van der Waals surface area contributed by atoms with Crippen molar-refractivity contribution in [3.8, 4) is 0 Å². The van der Waals surface area contributed by atoms with E-state index in [1.54, 1.807) is 60.7 Å². The van der Waals surface area contributed by atoms with E-state index in [1.165, 1.54) is 0 Å². The maximum Gasteiger partial charge on any atom is 0.377 e. The molecule has 0 saturated carbocycles. The van der Waals surface area contributed by atoms with Crippen LogP contribution in [0.5, 0.6) is 0 Å². The van der Waals surface area contributed by atoms with Crippen molar-refractivity contribution in [3.63, 3.8) is 0 Å². The van der Waals surface area contributed by atoms with Crippen LogP contribution in [-0.4, -0.2) is 121 Å². The number of aliphatic carboxylic acids is 5. The molecule has 0 heterocycles. The smallest absolute Gasteiger partial charge is 0.377 e. The van der Waals surface area contributed by atoms with Crippen molar-refractivity contribution < 1.29 is 68.3 Å². The third-order valence-electron chi connectivity index (χ3n) is 6.77. The number of nitrogens with zero attached hydrogens (tertiary/aromatic N) is 3. The van der Waals surface area contributed by atoms with Gasteiger partial charge in [-0.15, -0.1) is 0 Å². The molecular formula is C30H35N3O14P-5. The lowest BCUT2D eigenvalue weighted by molar-refractivity contribution is -0.313. The number of carboxylic acid groups (broad SMARTS) is 5. The summed E-state index contributed by atoms with van der Waals surface area (Å²) >= 11 is 0. The van der Waals surface area contributed by atoms with E-state index < -0.39 is 96.0 Å². The van der Waals surface area contributed by atoms with E-state index in [0.29, 0.717) is 0 Å². The van der Waals surface area contributed by atoms with Gasteiger partial charge in [-0.2, -0.15) is 13.9 Å². The van der Waals surface area contributed by atoms with E-state index in [-0.39, 0.29) is 25.9 Å². The molecule has 2 atom stereocenters. The monoisotopic (exact) mass is 692 g/mol. The van der Waals surface area contributed by atoms with Crippen molar-refractivity contribution in [2.24, 2.45) is 0 Å². The summed E-state index contributed by atoms with van der Waals surface area (Å²) in [6.45, 7) is -6.90. The number of carbonyl (C=O) groups excluding carboxylic acids is 5. The van der Waals surface area contributed by atoms with Gasteiger partial charge in [-0.25, -0.2) is 0 Å². The summed E-state index contributed by atoms with van der Waals surface area (Å²) in [4.78, 5) is 83.2. The highest BCUT2D eigenvalue weighted by molar-refractivity contribution is 7.52. The number of rotatable bonds is 25. The van der Waals surface area contributed by atoms with Gasteiger partial charge in [0.2, 0.25) is 0 Å². The van der Waals surface area contributed by atoms with Crippen LogP contribution in [0.1, 0.15) is 11.1 Å². The Morgan fingerprint density at radius 1 is 0.646 bits per heavy atom. The molecule has 2 aromatic carbocycles. The molecule has 0 amide bonds. The lowest BCUT2D eigenvalue weighted by atomic mass is 10.0. The zero-order chi connectivity index (χ0) is 35.7. The zero-order valence-corrected chi connectivity index (χ0v) is 26.6. The molecule has 2 rings (SSSR count). The van der Waals surface area contributed by atoms with E-state index in [9.17, 15) is 59.3 Å². The quantitative estimate of drug-likeness (QED) is 0.0947. The SMILES string of the molecule is O=C([O-])CN(CCN(CC(=O)[O-])CC(CO[P+]([O-])(O)OC(Cc1ccccc1)Cc1ccccc1)N(CC(=O)[O-])CC(=O)[O-])CC(=O)[O-]. The summed E-state index contributed by atoms with van der Waals surface area (Å²) in [6, 6.07) is 16.3. The minimum atomic E-state index is -4.97. The van der Waals surface area contributed by atoms with Crippen molar-refractivity contribution >= 4 is 38.0 Å². The Bertz CT molecular complexity index is 1260. The topological polar surface area (TPSA) is 272 Å². The Kier molecular flexibility index (Phi) is 17.0. The number of phosphoric ester groups is 1. The molecule has 1 N–H and O–H groups in total. The van der Waals surface area contributed by atoms with Crippen LogP contribution in [-0.2, 0) is 45.9 Å². The molecule has 0 saturated heterocycles. The summed E-state index contributed by atoms with van der Waals surface area (Å²) in [5.41, 5.74) is 1.55. The maximum absolute atomic E-state index is 13.2. The number of hydrogen-bond donors (Lipinski definition) is 1. The van der Waals surface area contributed by atoms with E-state index >= 15 is 0 Å². The molecule has 18 heteroatoms. The number of phosphoric acid groups is 1. The highest BCUT2D eigenvalue weighted by atomic mass is 31.2. The molecule has 264 valence electrons. The molecule has 0 aliphatic rings. The molecule has 2 aromatic rings. The van der Waals surface area contributed by atoms with Gasteiger partial charge in [0.1, 0.15) is 12.7 Å². The van der Waals surface area contributed by atoms with E-state index in [2.05, 4.69) is 0 Å². The Balaban J connectivity index is 2.31. The fourth-order valence-electron chi connectivity index (χ4n) is 4.80. The first kappa shape index (κ1) is 40.1. The second-order valence-corrected chi connectivity index (χ2v) is 12.1. The molecule has 48 heavy (non-hydrogen) atoms. The molecular weight excluding hydrogens is 657 g/mol. The second-order valence-electron chi connectivity index (χ2n) is 10.7. The van der Waals surface area contributed by atoms with Crippen LogP contribution < -0.4 is 30.4 Å². The van der Waals surface area contributed by atoms with Crippen molar-refractivity contribution in [1.82, 2.24) is 14.7 Å². The van der Waals surface area contributed by atoms with Gasteiger partial charge in [0.25, 0.3) is 0 Å². The predicted molar refractivity (Wildman–Crippen MR) is 154 cm³/mol. The second kappa shape index (κ2) is 20.3. The summed E-state index contributed by atoms with van der Waals surface area (Å²) in [5, 5.41) is 56.6. The summed E-state index contributed by atoms with van der Waals surface area (Å²) < 4.78 is 10.8. The fourth-order valence-corrected chi connectivity index (χ4v) is 5.74. The van der Waals surface area contributed by atoms with Gasteiger partial charge in [-0.3, -0.25) is 14.7 Å². The molecule has 0 fully saturated rings. The summed E-state index contributed by atoms with van der Waals surface area (Å²) in [7, 11) is -4.97. The molecule has 0 aromatic heterocycles.